The second-order valence-electron chi connectivity index (χ2n) is 3.67. The number of halogens is 1. The van der Waals surface area contributed by atoms with Crippen molar-refractivity contribution in [2.45, 2.75) is 20.0 Å². The summed E-state index contributed by atoms with van der Waals surface area (Å²) >= 11 is 1.60. The van der Waals surface area contributed by atoms with Gasteiger partial charge in [-0.05, 0) is 13.0 Å². The third kappa shape index (κ3) is 2.87. The average molecular weight is 236 g/mol. The molecule has 0 atom stereocenters. The lowest BCUT2D eigenvalue weighted by molar-refractivity contribution is 0.588. The monoisotopic (exact) mass is 236 g/mol. The fourth-order valence-corrected chi connectivity index (χ4v) is 2.05. The van der Waals surface area contributed by atoms with Crippen molar-refractivity contribution in [1.82, 2.24) is 10.3 Å². The van der Waals surface area contributed by atoms with Gasteiger partial charge in [0.15, 0.2) is 0 Å². The standard InChI is InChI=1S/C12H13FN2S/c1-9-2-3-12(13)10(4-9)5-14-6-11-7-15-8-16-11/h2-4,7-8,14H,5-6H2,1H3. The average Bonchev–Trinajstić information content (AvgIpc) is 2.76. The van der Waals surface area contributed by atoms with E-state index >= 15 is 0 Å². The highest BCUT2D eigenvalue weighted by atomic mass is 32.1. The van der Waals surface area contributed by atoms with Crippen LogP contribution in [-0.4, -0.2) is 4.98 Å². The van der Waals surface area contributed by atoms with Crippen molar-refractivity contribution in [1.29, 1.82) is 0 Å². The molecule has 16 heavy (non-hydrogen) atoms. The van der Waals surface area contributed by atoms with Gasteiger partial charge in [-0.1, -0.05) is 17.7 Å². The van der Waals surface area contributed by atoms with Crippen LogP contribution in [0.3, 0.4) is 0 Å². The second kappa shape index (κ2) is 5.18. The van der Waals surface area contributed by atoms with Crippen LogP contribution in [0.2, 0.25) is 0 Å². The first-order valence-electron chi connectivity index (χ1n) is 5.09. The van der Waals surface area contributed by atoms with E-state index in [1.165, 1.54) is 6.07 Å². The number of thiazole rings is 1. The van der Waals surface area contributed by atoms with Crippen LogP contribution in [0.5, 0.6) is 0 Å². The topological polar surface area (TPSA) is 24.9 Å². The summed E-state index contributed by atoms with van der Waals surface area (Å²) in [7, 11) is 0. The molecule has 1 N–H and O–H groups in total. The summed E-state index contributed by atoms with van der Waals surface area (Å²) in [4.78, 5) is 5.14. The normalized spacial score (nSPS) is 10.6. The highest BCUT2D eigenvalue weighted by Gasteiger charge is 2.02. The lowest BCUT2D eigenvalue weighted by Gasteiger charge is -2.05. The highest BCUT2D eigenvalue weighted by Crippen LogP contribution is 2.10. The zero-order chi connectivity index (χ0) is 11.4. The SMILES string of the molecule is Cc1ccc(F)c(CNCc2cncs2)c1. The maximum atomic E-state index is 13.4. The lowest BCUT2D eigenvalue weighted by atomic mass is 10.1. The highest BCUT2D eigenvalue weighted by molar-refractivity contribution is 7.09. The summed E-state index contributed by atoms with van der Waals surface area (Å²) in [5, 5.41) is 3.20. The van der Waals surface area contributed by atoms with Crippen molar-refractivity contribution in [3.05, 3.63) is 51.7 Å². The van der Waals surface area contributed by atoms with Gasteiger partial charge in [0.05, 0.1) is 5.51 Å². The quantitative estimate of drug-likeness (QED) is 0.883. The molecule has 0 saturated carbocycles. The summed E-state index contributed by atoms with van der Waals surface area (Å²) in [6.45, 7) is 3.25. The van der Waals surface area contributed by atoms with E-state index in [1.54, 1.807) is 22.9 Å². The molecule has 1 heterocycles. The number of rotatable bonds is 4. The Morgan fingerprint density at radius 2 is 2.25 bits per heavy atom. The van der Waals surface area contributed by atoms with Gasteiger partial charge >= 0.3 is 0 Å². The molecule has 2 aromatic rings. The van der Waals surface area contributed by atoms with Crippen molar-refractivity contribution in [3.8, 4) is 0 Å². The van der Waals surface area contributed by atoms with E-state index in [2.05, 4.69) is 10.3 Å². The third-order valence-electron chi connectivity index (χ3n) is 2.30. The molecule has 0 aliphatic rings. The Morgan fingerprint density at radius 3 is 3.00 bits per heavy atom. The number of aryl methyl sites for hydroxylation is 1. The predicted molar refractivity (Wildman–Crippen MR) is 63.8 cm³/mol. The number of hydrogen-bond donors (Lipinski definition) is 1. The minimum atomic E-state index is -0.151. The van der Waals surface area contributed by atoms with Gasteiger partial charge in [-0.15, -0.1) is 11.3 Å². The minimum Gasteiger partial charge on any atom is -0.308 e. The van der Waals surface area contributed by atoms with Gasteiger partial charge in [0.1, 0.15) is 5.82 Å². The van der Waals surface area contributed by atoms with Gasteiger partial charge in [-0.25, -0.2) is 4.39 Å². The molecule has 0 aliphatic heterocycles. The van der Waals surface area contributed by atoms with Crippen LogP contribution in [0, 0.1) is 12.7 Å². The maximum absolute atomic E-state index is 13.4. The molecule has 0 radical (unpaired) electrons. The fraction of sp³-hybridized carbons (Fsp3) is 0.250. The molecule has 0 aliphatic carbocycles. The van der Waals surface area contributed by atoms with E-state index in [0.717, 1.165) is 17.0 Å². The van der Waals surface area contributed by atoms with E-state index in [1.807, 2.05) is 19.2 Å². The lowest BCUT2D eigenvalue weighted by Crippen LogP contribution is -2.13. The number of aromatic nitrogens is 1. The third-order valence-corrected chi connectivity index (χ3v) is 3.08. The van der Waals surface area contributed by atoms with E-state index in [0.29, 0.717) is 12.1 Å². The second-order valence-corrected chi connectivity index (χ2v) is 4.64. The van der Waals surface area contributed by atoms with Gasteiger partial charge in [0.2, 0.25) is 0 Å². The zero-order valence-electron chi connectivity index (χ0n) is 9.03. The van der Waals surface area contributed by atoms with Crippen molar-refractivity contribution in [2.24, 2.45) is 0 Å². The summed E-state index contributed by atoms with van der Waals surface area (Å²) in [5.41, 5.74) is 3.59. The maximum Gasteiger partial charge on any atom is 0.127 e. The van der Waals surface area contributed by atoms with Crippen LogP contribution in [-0.2, 0) is 13.1 Å². The molecular formula is C12H13FN2S. The first-order valence-corrected chi connectivity index (χ1v) is 5.97. The van der Waals surface area contributed by atoms with Crippen molar-refractivity contribution in [3.63, 3.8) is 0 Å². The van der Waals surface area contributed by atoms with Gasteiger partial charge in [-0.3, -0.25) is 4.98 Å². The Balaban J connectivity index is 1.92. The van der Waals surface area contributed by atoms with Gasteiger partial charge in [-0.2, -0.15) is 0 Å². The smallest absolute Gasteiger partial charge is 0.127 e. The van der Waals surface area contributed by atoms with E-state index in [4.69, 9.17) is 0 Å². The minimum absolute atomic E-state index is 0.151. The molecule has 0 saturated heterocycles. The number of nitrogens with zero attached hydrogens (tertiary/aromatic N) is 1. The number of benzene rings is 1. The van der Waals surface area contributed by atoms with Crippen LogP contribution in [0.25, 0.3) is 0 Å². The van der Waals surface area contributed by atoms with Gasteiger partial charge in [0.25, 0.3) is 0 Å². The molecule has 0 fully saturated rings. The predicted octanol–water partition coefficient (Wildman–Crippen LogP) is 2.88. The summed E-state index contributed by atoms with van der Waals surface area (Å²) in [5.74, 6) is -0.151. The van der Waals surface area contributed by atoms with Crippen molar-refractivity contribution < 1.29 is 4.39 Å². The molecular weight excluding hydrogens is 223 g/mol. The molecule has 1 aromatic heterocycles. The fourth-order valence-electron chi connectivity index (χ4n) is 1.49. The van der Waals surface area contributed by atoms with Gasteiger partial charge in [0, 0.05) is 29.7 Å². The first kappa shape index (κ1) is 11.2. The number of nitrogens with one attached hydrogen (secondary N) is 1. The zero-order valence-corrected chi connectivity index (χ0v) is 9.85. The Labute approximate surface area is 98.2 Å². The molecule has 1 aromatic carbocycles. The van der Waals surface area contributed by atoms with Crippen LogP contribution in [0.4, 0.5) is 4.39 Å². The van der Waals surface area contributed by atoms with Gasteiger partial charge < -0.3 is 5.32 Å². The van der Waals surface area contributed by atoms with E-state index in [9.17, 15) is 4.39 Å². The molecule has 2 rings (SSSR count). The Hall–Kier alpha value is -1.26. The largest absolute Gasteiger partial charge is 0.308 e. The molecule has 0 bridgehead atoms. The first-order chi connectivity index (χ1) is 7.75. The molecule has 0 spiro atoms. The van der Waals surface area contributed by atoms with Crippen LogP contribution in [0.1, 0.15) is 16.0 Å². The van der Waals surface area contributed by atoms with E-state index in [-0.39, 0.29) is 5.82 Å². The summed E-state index contributed by atoms with van der Waals surface area (Å²) in [6, 6.07) is 5.16. The molecule has 0 unspecified atom stereocenters. The van der Waals surface area contributed by atoms with Crippen LogP contribution < -0.4 is 5.32 Å². The van der Waals surface area contributed by atoms with Crippen LogP contribution in [0.15, 0.2) is 29.9 Å². The Morgan fingerprint density at radius 1 is 1.38 bits per heavy atom. The van der Waals surface area contributed by atoms with Crippen LogP contribution >= 0.6 is 11.3 Å². The summed E-state index contributed by atoms with van der Waals surface area (Å²) < 4.78 is 13.4. The van der Waals surface area contributed by atoms with Crippen molar-refractivity contribution in [2.75, 3.05) is 0 Å². The molecule has 2 nitrogen and oxygen atoms in total. The Bertz CT molecular complexity index is 454. The Kier molecular flexibility index (Phi) is 3.64. The molecule has 84 valence electrons. The number of hydrogen-bond acceptors (Lipinski definition) is 3. The molecule has 0 amide bonds. The summed E-state index contributed by atoms with van der Waals surface area (Å²) in [6.07, 6.45) is 1.82. The van der Waals surface area contributed by atoms with Crippen molar-refractivity contribution >= 4 is 11.3 Å². The van der Waals surface area contributed by atoms with E-state index < -0.39 is 0 Å². The molecule has 4 heteroatoms.